The quantitative estimate of drug-likeness (QED) is 0.576. The molecule has 0 atom stereocenters. The van der Waals surface area contributed by atoms with Crippen LogP contribution in [0.1, 0.15) is 32.6 Å². The van der Waals surface area contributed by atoms with E-state index in [1.807, 2.05) is 0 Å². The number of hydrogen-bond acceptors (Lipinski definition) is 6. The van der Waals surface area contributed by atoms with Gasteiger partial charge < -0.3 is 10.1 Å². The van der Waals surface area contributed by atoms with Crippen molar-refractivity contribution in [2.75, 3.05) is 13.4 Å². The summed E-state index contributed by atoms with van der Waals surface area (Å²) in [6.07, 6.45) is 1.84. The third-order valence-corrected chi connectivity index (χ3v) is 3.71. The SMILES string of the molecule is COC(=O)C1(NC(C)=O)CCC(OS(C)(=O)=O)CC1. The maximum atomic E-state index is 11.8. The average Bonchev–Trinajstić information content (AvgIpc) is 2.28. The summed E-state index contributed by atoms with van der Waals surface area (Å²) in [6, 6.07) is 0. The van der Waals surface area contributed by atoms with Gasteiger partial charge in [0.2, 0.25) is 5.91 Å². The Hall–Kier alpha value is -1.15. The number of amides is 1. The van der Waals surface area contributed by atoms with Gasteiger partial charge >= 0.3 is 5.97 Å². The first-order chi connectivity index (χ1) is 8.68. The minimum Gasteiger partial charge on any atom is -0.467 e. The zero-order chi connectivity index (χ0) is 14.7. The topological polar surface area (TPSA) is 98.8 Å². The Labute approximate surface area is 112 Å². The van der Waals surface area contributed by atoms with Gasteiger partial charge in [0.15, 0.2) is 0 Å². The Morgan fingerprint density at radius 3 is 2.16 bits per heavy atom. The van der Waals surface area contributed by atoms with Crippen LogP contribution in [0.2, 0.25) is 0 Å². The van der Waals surface area contributed by atoms with Crippen molar-refractivity contribution in [3.63, 3.8) is 0 Å². The van der Waals surface area contributed by atoms with Crippen molar-refractivity contribution < 1.29 is 26.9 Å². The van der Waals surface area contributed by atoms with Crippen molar-refractivity contribution in [3.8, 4) is 0 Å². The van der Waals surface area contributed by atoms with E-state index in [4.69, 9.17) is 8.92 Å². The van der Waals surface area contributed by atoms with E-state index in [2.05, 4.69) is 5.32 Å². The molecular formula is C11H19NO6S. The van der Waals surface area contributed by atoms with Gasteiger partial charge in [-0.1, -0.05) is 0 Å². The third-order valence-electron chi connectivity index (χ3n) is 3.09. The van der Waals surface area contributed by atoms with Crippen LogP contribution in [0.15, 0.2) is 0 Å². The summed E-state index contributed by atoms with van der Waals surface area (Å²) in [5, 5.41) is 2.61. The highest BCUT2D eigenvalue weighted by atomic mass is 32.2. The molecule has 0 saturated heterocycles. The number of carbonyl (C=O) groups excluding carboxylic acids is 2. The second-order valence-electron chi connectivity index (χ2n) is 4.75. The maximum absolute atomic E-state index is 11.8. The molecule has 0 bridgehead atoms. The predicted octanol–water partition coefficient (Wildman–Crippen LogP) is -0.0469. The van der Waals surface area contributed by atoms with Crippen LogP contribution in [0.3, 0.4) is 0 Å². The molecule has 0 unspecified atom stereocenters. The normalized spacial score (nSPS) is 27.6. The molecule has 1 aliphatic rings. The molecule has 1 amide bonds. The number of nitrogens with one attached hydrogen (secondary N) is 1. The van der Waals surface area contributed by atoms with Crippen molar-refractivity contribution in [3.05, 3.63) is 0 Å². The second kappa shape index (κ2) is 5.87. The molecule has 0 aromatic carbocycles. The van der Waals surface area contributed by atoms with Gasteiger partial charge in [0, 0.05) is 6.92 Å². The lowest BCUT2D eigenvalue weighted by atomic mass is 9.80. The standard InChI is InChI=1S/C11H19NO6S/c1-8(13)12-11(10(14)17-2)6-4-9(5-7-11)18-19(3,15)16/h9H,4-7H2,1-3H3,(H,12,13). The number of esters is 1. The molecule has 8 heteroatoms. The van der Waals surface area contributed by atoms with E-state index >= 15 is 0 Å². The monoisotopic (exact) mass is 293 g/mol. The fourth-order valence-electron chi connectivity index (χ4n) is 2.34. The molecule has 110 valence electrons. The van der Waals surface area contributed by atoms with Crippen molar-refractivity contribution >= 4 is 22.0 Å². The molecule has 0 radical (unpaired) electrons. The zero-order valence-electron chi connectivity index (χ0n) is 11.3. The van der Waals surface area contributed by atoms with Gasteiger partial charge in [-0.3, -0.25) is 8.98 Å². The lowest BCUT2D eigenvalue weighted by Gasteiger charge is -2.37. The van der Waals surface area contributed by atoms with Crippen molar-refractivity contribution in [1.29, 1.82) is 0 Å². The van der Waals surface area contributed by atoms with Gasteiger partial charge in [0.05, 0.1) is 19.5 Å². The molecular weight excluding hydrogens is 274 g/mol. The number of methoxy groups -OCH3 is 1. The first-order valence-corrected chi connectivity index (χ1v) is 7.75. The number of ether oxygens (including phenoxy) is 1. The third kappa shape index (κ3) is 4.46. The number of hydrogen-bond donors (Lipinski definition) is 1. The molecule has 0 heterocycles. The summed E-state index contributed by atoms with van der Waals surface area (Å²) in [5.41, 5.74) is -1.07. The van der Waals surface area contributed by atoms with Gasteiger partial charge in [0.1, 0.15) is 5.54 Å². The van der Waals surface area contributed by atoms with Crippen molar-refractivity contribution in [2.45, 2.75) is 44.2 Å². The second-order valence-corrected chi connectivity index (χ2v) is 6.36. The van der Waals surface area contributed by atoms with E-state index in [0.29, 0.717) is 25.7 Å². The zero-order valence-corrected chi connectivity index (χ0v) is 12.1. The molecule has 1 aliphatic carbocycles. The van der Waals surface area contributed by atoms with E-state index < -0.39 is 27.7 Å². The average molecular weight is 293 g/mol. The summed E-state index contributed by atoms with van der Waals surface area (Å²) in [5.74, 6) is -0.839. The summed E-state index contributed by atoms with van der Waals surface area (Å²) in [4.78, 5) is 23.0. The Morgan fingerprint density at radius 1 is 1.26 bits per heavy atom. The molecule has 1 N–H and O–H groups in total. The van der Waals surface area contributed by atoms with Crippen LogP contribution in [0, 0.1) is 0 Å². The first-order valence-electron chi connectivity index (χ1n) is 5.94. The van der Waals surface area contributed by atoms with E-state index in [9.17, 15) is 18.0 Å². The molecule has 0 aromatic rings. The van der Waals surface area contributed by atoms with Crippen LogP contribution in [-0.4, -0.2) is 45.3 Å². The summed E-state index contributed by atoms with van der Waals surface area (Å²) >= 11 is 0. The molecule has 0 spiro atoms. The van der Waals surface area contributed by atoms with Crippen LogP contribution in [-0.2, 0) is 28.6 Å². The molecule has 1 rings (SSSR count). The van der Waals surface area contributed by atoms with Crippen molar-refractivity contribution in [1.82, 2.24) is 5.32 Å². The van der Waals surface area contributed by atoms with E-state index in [1.165, 1.54) is 14.0 Å². The molecule has 7 nitrogen and oxygen atoms in total. The lowest BCUT2D eigenvalue weighted by Crippen LogP contribution is -2.57. The highest BCUT2D eigenvalue weighted by Crippen LogP contribution is 2.31. The summed E-state index contributed by atoms with van der Waals surface area (Å²) < 4.78 is 31.7. The highest BCUT2D eigenvalue weighted by molar-refractivity contribution is 7.86. The molecule has 1 fully saturated rings. The molecule has 19 heavy (non-hydrogen) atoms. The van der Waals surface area contributed by atoms with E-state index in [-0.39, 0.29) is 5.91 Å². The van der Waals surface area contributed by atoms with Gasteiger partial charge in [-0.05, 0) is 25.7 Å². The fraction of sp³-hybridized carbons (Fsp3) is 0.818. The Bertz CT molecular complexity index is 450. The van der Waals surface area contributed by atoms with Crippen LogP contribution in [0.5, 0.6) is 0 Å². The number of carbonyl (C=O) groups is 2. The minimum absolute atomic E-state index is 0.291. The predicted molar refractivity (Wildman–Crippen MR) is 66.7 cm³/mol. The van der Waals surface area contributed by atoms with E-state index in [1.54, 1.807) is 0 Å². The van der Waals surface area contributed by atoms with Crippen LogP contribution in [0.4, 0.5) is 0 Å². The van der Waals surface area contributed by atoms with Gasteiger partial charge in [-0.25, -0.2) is 4.79 Å². The molecule has 0 aliphatic heterocycles. The van der Waals surface area contributed by atoms with Gasteiger partial charge in [-0.15, -0.1) is 0 Å². The largest absolute Gasteiger partial charge is 0.467 e. The maximum Gasteiger partial charge on any atom is 0.331 e. The molecule has 1 saturated carbocycles. The summed E-state index contributed by atoms with van der Waals surface area (Å²) in [6.45, 7) is 1.32. The lowest BCUT2D eigenvalue weighted by molar-refractivity contribution is -0.153. The molecule has 0 aromatic heterocycles. The van der Waals surface area contributed by atoms with Crippen molar-refractivity contribution in [2.24, 2.45) is 0 Å². The van der Waals surface area contributed by atoms with E-state index in [0.717, 1.165) is 6.26 Å². The Balaban J connectivity index is 2.74. The van der Waals surface area contributed by atoms with Crippen LogP contribution < -0.4 is 5.32 Å². The van der Waals surface area contributed by atoms with Gasteiger partial charge in [0.25, 0.3) is 10.1 Å². The minimum atomic E-state index is -3.51. The summed E-state index contributed by atoms with van der Waals surface area (Å²) in [7, 11) is -2.26. The highest BCUT2D eigenvalue weighted by Gasteiger charge is 2.44. The van der Waals surface area contributed by atoms with Gasteiger partial charge in [-0.2, -0.15) is 8.42 Å². The smallest absolute Gasteiger partial charge is 0.331 e. The Kier molecular flexibility index (Phi) is 4.92. The van der Waals surface area contributed by atoms with Crippen LogP contribution >= 0.6 is 0 Å². The fourth-order valence-corrected chi connectivity index (χ4v) is 3.03. The first kappa shape index (κ1) is 15.9. The number of rotatable bonds is 4. The Morgan fingerprint density at radius 2 is 1.79 bits per heavy atom. The van der Waals surface area contributed by atoms with Crippen LogP contribution in [0.25, 0.3) is 0 Å².